The molecule has 0 unspecified atom stereocenters. The molecule has 8 heteroatoms. The van der Waals surface area contributed by atoms with E-state index in [9.17, 15) is 19.2 Å². The minimum Gasteiger partial charge on any atom is -0.326 e. The number of imide groups is 1. The Balaban J connectivity index is 1.64. The second-order valence-corrected chi connectivity index (χ2v) is 7.26. The first-order valence-electron chi connectivity index (χ1n) is 9.37. The normalized spacial score (nSPS) is 15.4. The van der Waals surface area contributed by atoms with Crippen LogP contribution in [0.4, 0.5) is 11.4 Å². The number of fused-ring (bicyclic) bond motifs is 1. The quantitative estimate of drug-likeness (QED) is 0.535. The Morgan fingerprint density at radius 1 is 0.967 bits per heavy atom. The number of anilines is 2. The summed E-state index contributed by atoms with van der Waals surface area (Å²) in [6.07, 6.45) is 1.68. The van der Waals surface area contributed by atoms with Crippen LogP contribution in [-0.2, 0) is 28.5 Å². The van der Waals surface area contributed by atoms with Gasteiger partial charge in [-0.2, -0.15) is 0 Å². The number of rotatable bonds is 3. The molecular formula is C22H20N4O4. The maximum atomic E-state index is 12.9. The molecule has 2 aromatic carbocycles. The first-order chi connectivity index (χ1) is 14.3. The summed E-state index contributed by atoms with van der Waals surface area (Å²) in [6.45, 7) is 1.41. The molecule has 1 N–H and O–H groups in total. The van der Waals surface area contributed by atoms with Gasteiger partial charge in [-0.3, -0.25) is 23.5 Å². The maximum absolute atomic E-state index is 12.9. The van der Waals surface area contributed by atoms with Crippen LogP contribution in [0.2, 0.25) is 0 Å². The zero-order valence-corrected chi connectivity index (χ0v) is 16.8. The summed E-state index contributed by atoms with van der Waals surface area (Å²) in [4.78, 5) is 49.8. The number of carbonyl (C=O) groups is 3. The van der Waals surface area contributed by atoms with E-state index >= 15 is 0 Å². The van der Waals surface area contributed by atoms with Crippen molar-refractivity contribution in [2.45, 2.75) is 13.3 Å². The summed E-state index contributed by atoms with van der Waals surface area (Å²) in [6, 6.07) is 12.0. The number of aromatic nitrogens is 2. The van der Waals surface area contributed by atoms with Crippen LogP contribution in [0.1, 0.15) is 18.9 Å². The van der Waals surface area contributed by atoms with Gasteiger partial charge in [-0.25, -0.2) is 9.69 Å². The van der Waals surface area contributed by atoms with Crippen molar-refractivity contribution in [1.29, 1.82) is 0 Å². The average molecular weight is 404 g/mol. The highest BCUT2D eigenvalue weighted by molar-refractivity contribution is 6.29. The molecule has 1 saturated heterocycles. The summed E-state index contributed by atoms with van der Waals surface area (Å²) in [5.41, 5.74) is 3.56. The largest absolute Gasteiger partial charge is 0.328 e. The number of aryl methyl sites for hydroxylation is 2. The molecule has 0 spiro atoms. The first-order valence-corrected chi connectivity index (χ1v) is 9.37. The van der Waals surface area contributed by atoms with Crippen LogP contribution < -0.4 is 15.9 Å². The van der Waals surface area contributed by atoms with Gasteiger partial charge in [-0.1, -0.05) is 6.07 Å². The molecule has 4 rings (SSSR count). The van der Waals surface area contributed by atoms with Gasteiger partial charge in [0.05, 0.1) is 23.1 Å². The molecule has 1 aromatic heterocycles. The Bertz CT molecular complexity index is 1300. The molecule has 3 aromatic rings. The number of imidazole rings is 1. The third-order valence-electron chi connectivity index (χ3n) is 5.15. The lowest BCUT2D eigenvalue weighted by Crippen LogP contribution is -2.28. The number of nitrogens with zero attached hydrogens (tertiary/aromatic N) is 3. The maximum Gasteiger partial charge on any atom is 0.328 e. The monoisotopic (exact) mass is 404 g/mol. The van der Waals surface area contributed by atoms with Crippen LogP contribution in [0, 0.1) is 0 Å². The molecule has 3 amide bonds. The van der Waals surface area contributed by atoms with Crippen LogP contribution in [0.3, 0.4) is 0 Å². The van der Waals surface area contributed by atoms with Gasteiger partial charge in [0.1, 0.15) is 0 Å². The number of carbonyl (C=O) groups excluding carboxylic acids is 3. The van der Waals surface area contributed by atoms with Gasteiger partial charge in [0.25, 0.3) is 5.91 Å². The molecule has 8 nitrogen and oxygen atoms in total. The molecule has 0 radical (unpaired) electrons. The minimum absolute atomic E-state index is 0.00195. The van der Waals surface area contributed by atoms with Crippen LogP contribution in [0.25, 0.3) is 17.1 Å². The number of nitrogens with one attached hydrogen (secondary N) is 1. The third-order valence-corrected chi connectivity index (χ3v) is 5.15. The van der Waals surface area contributed by atoms with Gasteiger partial charge in [-0.15, -0.1) is 0 Å². The van der Waals surface area contributed by atoms with Gasteiger partial charge in [0.2, 0.25) is 11.8 Å². The van der Waals surface area contributed by atoms with Gasteiger partial charge in [0.15, 0.2) is 0 Å². The SMILES string of the molecule is CC(=O)Nc1ccc(N2C(=O)CC(=Cc3ccc4c(c3)n(C)c(=O)n4C)C2=O)cc1. The lowest BCUT2D eigenvalue weighted by atomic mass is 10.1. The Hall–Kier alpha value is -3.94. The molecule has 152 valence electrons. The zero-order valence-electron chi connectivity index (χ0n) is 16.8. The fourth-order valence-corrected chi connectivity index (χ4v) is 3.66. The van der Waals surface area contributed by atoms with Crippen LogP contribution in [-0.4, -0.2) is 26.9 Å². The Kier molecular flexibility index (Phi) is 4.62. The van der Waals surface area contributed by atoms with Gasteiger partial charge >= 0.3 is 5.69 Å². The standard InChI is InChI=1S/C22H20N4O4/c1-13(27)23-16-5-7-17(8-6-16)26-20(28)12-15(21(26)29)10-14-4-9-18-19(11-14)25(3)22(30)24(18)2/h4-11H,12H2,1-3H3,(H,23,27). The predicted molar refractivity (Wildman–Crippen MR) is 114 cm³/mol. The highest BCUT2D eigenvalue weighted by Gasteiger charge is 2.34. The molecule has 0 saturated carbocycles. The van der Waals surface area contributed by atoms with Crippen molar-refractivity contribution < 1.29 is 14.4 Å². The summed E-state index contributed by atoms with van der Waals surface area (Å²) in [7, 11) is 3.40. The van der Waals surface area contributed by atoms with E-state index in [0.717, 1.165) is 21.5 Å². The van der Waals surface area contributed by atoms with E-state index in [2.05, 4.69) is 5.32 Å². The lowest BCUT2D eigenvalue weighted by molar-refractivity contribution is -0.120. The highest BCUT2D eigenvalue weighted by Crippen LogP contribution is 2.29. The van der Waals surface area contributed by atoms with Crippen LogP contribution >= 0.6 is 0 Å². The fourth-order valence-electron chi connectivity index (χ4n) is 3.66. The van der Waals surface area contributed by atoms with Crippen molar-refractivity contribution >= 4 is 46.2 Å². The van der Waals surface area contributed by atoms with Crippen LogP contribution in [0.5, 0.6) is 0 Å². The number of hydrogen-bond acceptors (Lipinski definition) is 4. The van der Waals surface area contributed by atoms with E-state index in [4.69, 9.17) is 0 Å². The van der Waals surface area contributed by atoms with E-state index in [1.807, 2.05) is 18.2 Å². The molecule has 0 atom stereocenters. The molecule has 1 aliphatic rings. The second kappa shape index (κ2) is 7.14. The molecule has 1 fully saturated rings. The first kappa shape index (κ1) is 19.4. The minimum atomic E-state index is -0.380. The van der Waals surface area contributed by atoms with Crippen molar-refractivity contribution in [3.63, 3.8) is 0 Å². The van der Waals surface area contributed by atoms with Crippen molar-refractivity contribution in [2.24, 2.45) is 14.1 Å². The van der Waals surface area contributed by atoms with Gasteiger partial charge < -0.3 is 5.32 Å². The second-order valence-electron chi connectivity index (χ2n) is 7.26. The summed E-state index contributed by atoms with van der Waals surface area (Å²) in [5.74, 6) is -0.893. The van der Waals surface area contributed by atoms with Gasteiger partial charge in [0, 0.05) is 32.3 Å². The Labute approximate surface area is 172 Å². The molecule has 0 bridgehead atoms. The summed E-state index contributed by atoms with van der Waals surface area (Å²) >= 11 is 0. The topological polar surface area (TPSA) is 93.4 Å². The van der Waals surface area contributed by atoms with E-state index in [1.165, 1.54) is 6.92 Å². The molecule has 2 heterocycles. The predicted octanol–water partition coefficient (Wildman–Crippen LogP) is 2.18. The van der Waals surface area contributed by atoms with E-state index in [-0.39, 0.29) is 29.8 Å². The number of hydrogen-bond donors (Lipinski definition) is 1. The van der Waals surface area contributed by atoms with Crippen molar-refractivity contribution in [3.8, 4) is 0 Å². The molecular weight excluding hydrogens is 384 g/mol. The highest BCUT2D eigenvalue weighted by atomic mass is 16.2. The molecule has 30 heavy (non-hydrogen) atoms. The lowest BCUT2D eigenvalue weighted by Gasteiger charge is -2.14. The third kappa shape index (κ3) is 3.22. The van der Waals surface area contributed by atoms with E-state index in [0.29, 0.717) is 16.9 Å². The number of amides is 3. The van der Waals surface area contributed by atoms with Gasteiger partial charge in [-0.05, 0) is 48.0 Å². The fraction of sp³-hybridized carbons (Fsp3) is 0.182. The van der Waals surface area contributed by atoms with Crippen molar-refractivity contribution in [3.05, 3.63) is 64.1 Å². The van der Waals surface area contributed by atoms with Crippen molar-refractivity contribution in [2.75, 3.05) is 10.2 Å². The Morgan fingerprint density at radius 3 is 2.30 bits per heavy atom. The van der Waals surface area contributed by atoms with E-state index < -0.39 is 0 Å². The summed E-state index contributed by atoms with van der Waals surface area (Å²) in [5, 5.41) is 2.65. The van der Waals surface area contributed by atoms with Crippen molar-refractivity contribution in [1.82, 2.24) is 9.13 Å². The molecule has 0 aliphatic carbocycles. The average Bonchev–Trinajstić information content (AvgIpc) is 3.10. The number of benzene rings is 2. The smallest absolute Gasteiger partial charge is 0.326 e. The Morgan fingerprint density at radius 2 is 1.63 bits per heavy atom. The summed E-state index contributed by atoms with van der Waals surface area (Å²) < 4.78 is 3.10. The van der Waals surface area contributed by atoms with E-state index in [1.54, 1.807) is 53.6 Å². The van der Waals surface area contributed by atoms with Crippen LogP contribution in [0.15, 0.2) is 52.8 Å². The molecule has 1 aliphatic heterocycles. The zero-order chi connectivity index (χ0) is 21.6.